The van der Waals surface area contributed by atoms with Crippen molar-refractivity contribution in [1.82, 2.24) is 25.2 Å². The molecule has 3 aromatic rings. The van der Waals surface area contributed by atoms with Gasteiger partial charge in [-0.05, 0) is 78.2 Å². The number of rotatable bonds is 8. The second kappa shape index (κ2) is 10.9. The second-order valence-electron chi connectivity index (χ2n) is 9.61. The molecule has 8 heteroatoms. The third-order valence-corrected chi connectivity index (χ3v) is 7.04. The molecule has 1 aromatic carbocycles. The highest BCUT2D eigenvalue weighted by atomic mass is 19.1. The summed E-state index contributed by atoms with van der Waals surface area (Å²) in [6, 6.07) is 6.62. The van der Waals surface area contributed by atoms with Crippen LogP contribution in [0.1, 0.15) is 73.0 Å². The smallest absolute Gasteiger partial charge is 0.165 e. The largest absolute Gasteiger partial charge is 0.363 e. The van der Waals surface area contributed by atoms with Crippen LogP contribution in [-0.2, 0) is 0 Å². The normalized spacial score (nSPS) is 17.0. The summed E-state index contributed by atoms with van der Waals surface area (Å²) in [5, 5.41) is 7.41. The van der Waals surface area contributed by atoms with E-state index in [4.69, 9.17) is 4.98 Å². The first-order chi connectivity index (χ1) is 16.8. The number of nitrogens with zero attached hydrogens (tertiary/aromatic N) is 4. The van der Waals surface area contributed by atoms with Gasteiger partial charge in [-0.15, -0.1) is 0 Å². The lowest BCUT2D eigenvalue weighted by Gasteiger charge is -2.32. The lowest BCUT2D eigenvalue weighted by Crippen LogP contribution is -2.37. The van der Waals surface area contributed by atoms with Gasteiger partial charge < -0.3 is 15.5 Å². The monoisotopic (exact) mass is 482 g/mol. The van der Waals surface area contributed by atoms with Crippen LogP contribution in [0.5, 0.6) is 0 Å². The summed E-state index contributed by atoms with van der Waals surface area (Å²) < 4.78 is 28.9. The van der Waals surface area contributed by atoms with Gasteiger partial charge in [-0.25, -0.2) is 23.7 Å². The molecule has 0 bridgehead atoms. The Morgan fingerprint density at radius 3 is 2.49 bits per heavy atom. The second-order valence-corrected chi connectivity index (χ2v) is 9.61. The number of piperidine rings is 1. The number of benzene rings is 1. The van der Waals surface area contributed by atoms with Gasteiger partial charge in [-0.3, -0.25) is 0 Å². The van der Waals surface area contributed by atoms with Crippen LogP contribution in [0.25, 0.3) is 11.0 Å². The van der Waals surface area contributed by atoms with Crippen LogP contribution < -0.4 is 10.6 Å². The molecule has 0 amide bonds. The number of anilines is 1. The Labute approximate surface area is 206 Å². The zero-order valence-electron chi connectivity index (χ0n) is 21.3. The van der Waals surface area contributed by atoms with Gasteiger partial charge in [0.25, 0.3) is 0 Å². The minimum absolute atomic E-state index is 0.0699. The number of alkyl halides is 1. The number of aryl methyl sites for hydroxylation is 2. The Bertz CT molecular complexity index is 1170. The van der Waals surface area contributed by atoms with Crippen LogP contribution >= 0.6 is 0 Å². The summed E-state index contributed by atoms with van der Waals surface area (Å²) in [6.07, 6.45) is 0.801. The third-order valence-electron chi connectivity index (χ3n) is 7.04. The fraction of sp³-hybridized carbons (Fsp3) is 0.519. The molecule has 3 heterocycles. The Morgan fingerprint density at radius 1 is 1.09 bits per heavy atom. The van der Waals surface area contributed by atoms with E-state index in [-0.39, 0.29) is 5.56 Å². The van der Waals surface area contributed by atoms with E-state index in [0.29, 0.717) is 28.8 Å². The highest BCUT2D eigenvalue weighted by Gasteiger charge is 2.24. The van der Waals surface area contributed by atoms with Crippen molar-refractivity contribution in [3.05, 3.63) is 58.3 Å². The fourth-order valence-corrected chi connectivity index (χ4v) is 5.02. The van der Waals surface area contributed by atoms with E-state index in [1.807, 2.05) is 27.8 Å². The van der Waals surface area contributed by atoms with Crippen molar-refractivity contribution in [3.63, 3.8) is 0 Å². The van der Waals surface area contributed by atoms with Gasteiger partial charge in [0, 0.05) is 29.9 Å². The maximum Gasteiger partial charge on any atom is 0.165 e. The molecule has 1 aliphatic heterocycles. The van der Waals surface area contributed by atoms with Crippen LogP contribution in [0.2, 0.25) is 0 Å². The van der Waals surface area contributed by atoms with E-state index in [1.165, 1.54) is 18.6 Å². The van der Waals surface area contributed by atoms with Crippen LogP contribution in [0.4, 0.5) is 14.6 Å². The Hall–Kier alpha value is -2.71. The standard InChI is InChI=1S/C27H36F2N6/c1-16(28)21-7-6-8-22(25(21)29)17(2)31-26-24-15-23(18(3)32-27(24)34-19(4)33-26)20-9-12-35(13-10-20)14-11-30-5/h6-8,15-17,20,30H,9-14H2,1-5H3,(H,31,32,33,34)/t16?,17-/m1/s1. The molecule has 0 radical (unpaired) electrons. The van der Waals surface area contributed by atoms with E-state index < -0.39 is 18.0 Å². The maximum atomic E-state index is 15.0. The first kappa shape index (κ1) is 25.4. The number of nitrogens with one attached hydrogen (secondary N) is 2. The van der Waals surface area contributed by atoms with Gasteiger partial charge in [0.2, 0.25) is 0 Å². The predicted molar refractivity (Wildman–Crippen MR) is 137 cm³/mol. The first-order valence-corrected chi connectivity index (χ1v) is 12.5. The van der Waals surface area contributed by atoms with Crippen molar-refractivity contribution in [3.8, 4) is 0 Å². The average Bonchev–Trinajstić information content (AvgIpc) is 2.82. The molecule has 0 saturated carbocycles. The molecule has 2 atom stereocenters. The van der Waals surface area contributed by atoms with Gasteiger partial charge in [0.05, 0.1) is 11.4 Å². The number of pyridine rings is 1. The molecule has 6 nitrogen and oxygen atoms in total. The number of hydrogen-bond donors (Lipinski definition) is 2. The van der Waals surface area contributed by atoms with Crippen LogP contribution in [-0.4, -0.2) is 53.1 Å². The summed E-state index contributed by atoms with van der Waals surface area (Å²) >= 11 is 0. The molecule has 0 spiro atoms. The lowest BCUT2D eigenvalue weighted by molar-refractivity contribution is 0.214. The van der Waals surface area contributed by atoms with E-state index >= 15 is 4.39 Å². The number of fused-ring (bicyclic) bond motifs is 1. The van der Waals surface area contributed by atoms with Gasteiger partial charge in [0.15, 0.2) is 5.65 Å². The Kier molecular flexibility index (Phi) is 7.91. The summed E-state index contributed by atoms with van der Waals surface area (Å²) in [5.74, 6) is 1.14. The molecule has 1 aliphatic rings. The highest BCUT2D eigenvalue weighted by Crippen LogP contribution is 2.34. The molecule has 4 rings (SSSR count). The quantitative estimate of drug-likeness (QED) is 0.449. The zero-order valence-corrected chi connectivity index (χ0v) is 21.3. The summed E-state index contributed by atoms with van der Waals surface area (Å²) in [4.78, 5) is 16.5. The molecule has 2 aromatic heterocycles. The number of halogens is 2. The van der Waals surface area contributed by atoms with Gasteiger partial charge in [-0.1, -0.05) is 18.2 Å². The minimum atomic E-state index is -1.37. The van der Waals surface area contributed by atoms with E-state index in [0.717, 1.165) is 50.1 Å². The molecular formula is C27H36F2N6. The van der Waals surface area contributed by atoms with E-state index in [1.54, 1.807) is 12.1 Å². The molecule has 2 N–H and O–H groups in total. The molecule has 0 aliphatic carbocycles. The van der Waals surface area contributed by atoms with Crippen LogP contribution in [0, 0.1) is 19.7 Å². The Morgan fingerprint density at radius 2 is 1.80 bits per heavy atom. The summed E-state index contributed by atoms with van der Waals surface area (Å²) in [5.41, 5.74) is 3.34. The molecule has 1 saturated heterocycles. The van der Waals surface area contributed by atoms with Crippen molar-refractivity contribution < 1.29 is 8.78 Å². The predicted octanol–water partition coefficient (Wildman–Crippen LogP) is 5.38. The van der Waals surface area contributed by atoms with Crippen molar-refractivity contribution in [1.29, 1.82) is 0 Å². The van der Waals surface area contributed by atoms with Crippen molar-refractivity contribution in [2.45, 2.75) is 58.7 Å². The highest BCUT2D eigenvalue weighted by molar-refractivity contribution is 5.87. The first-order valence-electron chi connectivity index (χ1n) is 12.5. The number of likely N-dealkylation sites (N-methyl/N-ethyl adjacent to an activating group) is 1. The zero-order chi connectivity index (χ0) is 25.1. The summed E-state index contributed by atoms with van der Waals surface area (Å²) in [6.45, 7) is 11.3. The van der Waals surface area contributed by atoms with Crippen LogP contribution in [0.15, 0.2) is 24.3 Å². The van der Waals surface area contributed by atoms with E-state index in [9.17, 15) is 4.39 Å². The number of aromatic nitrogens is 3. The van der Waals surface area contributed by atoms with Crippen molar-refractivity contribution in [2.24, 2.45) is 0 Å². The number of likely N-dealkylation sites (tertiary alicyclic amines) is 1. The third kappa shape index (κ3) is 5.59. The molecule has 1 unspecified atom stereocenters. The molecule has 188 valence electrons. The van der Waals surface area contributed by atoms with E-state index in [2.05, 4.69) is 31.6 Å². The number of hydrogen-bond acceptors (Lipinski definition) is 6. The van der Waals surface area contributed by atoms with Crippen molar-refractivity contribution >= 4 is 16.9 Å². The fourth-order valence-electron chi connectivity index (χ4n) is 5.02. The van der Waals surface area contributed by atoms with Crippen LogP contribution in [0.3, 0.4) is 0 Å². The molecule has 35 heavy (non-hydrogen) atoms. The van der Waals surface area contributed by atoms with Gasteiger partial charge >= 0.3 is 0 Å². The summed E-state index contributed by atoms with van der Waals surface area (Å²) in [7, 11) is 1.99. The average molecular weight is 483 g/mol. The lowest BCUT2D eigenvalue weighted by atomic mass is 9.88. The van der Waals surface area contributed by atoms with Gasteiger partial charge in [0.1, 0.15) is 23.6 Å². The minimum Gasteiger partial charge on any atom is -0.363 e. The Balaban J connectivity index is 1.63. The SMILES string of the molecule is CNCCN1CCC(c2cc3c(N[C@H](C)c4cccc(C(C)F)c4F)nc(C)nc3nc2C)CC1. The molecule has 1 fully saturated rings. The topological polar surface area (TPSA) is 66.0 Å². The van der Waals surface area contributed by atoms with Crippen molar-refractivity contribution in [2.75, 3.05) is 38.5 Å². The molecular weight excluding hydrogens is 446 g/mol. The van der Waals surface area contributed by atoms with Gasteiger partial charge in [-0.2, -0.15) is 0 Å². The maximum absolute atomic E-state index is 15.0.